The van der Waals surface area contributed by atoms with Crippen LogP contribution in [0.4, 0.5) is 11.4 Å². The Hall–Kier alpha value is -2.86. The van der Waals surface area contributed by atoms with Crippen LogP contribution in [0.3, 0.4) is 0 Å². The van der Waals surface area contributed by atoms with Crippen molar-refractivity contribution in [2.24, 2.45) is 10.2 Å². The minimum absolute atomic E-state index is 0.231. The number of aryl methyl sites for hydroxylation is 1. The number of rotatable bonds is 3. The Balaban J connectivity index is 1.92. The zero-order valence-electron chi connectivity index (χ0n) is 13.1. The van der Waals surface area contributed by atoms with Crippen LogP contribution in [-0.4, -0.2) is 20.7 Å². The van der Waals surface area contributed by atoms with E-state index in [1.165, 1.54) is 4.68 Å². The predicted molar refractivity (Wildman–Crippen MR) is 91.3 cm³/mol. The van der Waals surface area contributed by atoms with Crippen LogP contribution in [-0.2, 0) is 0 Å². The van der Waals surface area contributed by atoms with Crippen molar-refractivity contribution < 1.29 is 4.79 Å². The first kappa shape index (κ1) is 16.0. The monoisotopic (exact) mass is 339 g/mol. The lowest BCUT2D eigenvalue weighted by Crippen LogP contribution is -2.15. The number of halogens is 1. The lowest BCUT2D eigenvalue weighted by Gasteiger charge is -2.02. The van der Waals surface area contributed by atoms with E-state index in [2.05, 4.69) is 20.3 Å². The van der Waals surface area contributed by atoms with E-state index in [0.717, 1.165) is 0 Å². The summed E-state index contributed by atoms with van der Waals surface area (Å²) in [7, 11) is 0. The van der Waals surface area contributed by atoms with Crippen molar-refractivity contribution >= 4 is 28.9 Å². The van der Waals surface area contributed by atoms with Crippen LogP contribution in [0.1, 0.15) is 21.7 Å². The lowest BCUT2D eigenvalue weighted by atomic mass is 10.2. The van der Waals surface area contributed by atoms with E-state index in [1.54, 1.807) is 62.6 Å². The second kappa shape index (κ2) is 6.72. The molecule has 0 bridgehead atoms. The van der Waals surface area contributed by atoms with Gasteiger partial charge in [-0.1, -0.05) is 11.6 Å². The summed E-state index contributed by atoms with van der Waals surface area (Å²) in [5.74, 6) is -0.231. The summed E-state index contributed by atoms with van der Waals surface area (Å²) in [6.07, 6.45) is 3.14. The zero-order chi connectivity index (χ0) is 17.1. The van der Waals surface area contributed by atoms with Gasteiger partial charge in [0, 0.05) is 23.0 Å². The van der Waals surface area contributed by atoms with E-state index in [4.69, 9.17) is 11.6 Å². The third-order valence-corrected chi connectivity index (χ3v) is 3.72. The first-order chi connectivity index (χ1) is 11.6. The highest BCUT2D eigenvalue weighted by Gasteiger charge is 2.17. The lowest BCUT2D eigenvalue weighted by molar-refractivity contribution is 0.0942. The highest BCUT2D eigenvalue weighted by atomic mass is 35.5. The molecule has 0 unspecified atom stereocenters. The largest absolute Gasteiger partial charge is 0.278 e. The fraction of sp³-hybridized carbons (Fsp3) is 0.118. The third-order valence-electron chi connectivity index (χ3n) is 3.46. The number of azo groups is 1. The maximum atomic E-state index is 12.5. The Morgan fingerprint density at radius 2 is 1.71 bits per heavy atom. The number of hydrogen-bond acceptors (Lipinski definition) is 5. The van der Waals surface area contributed by atoms with Gasteiger partial charge in [0.15, 0.2) is 0 Å². The van der Waals surface area contributed by atoms with Crippen LogP contribution >= 0.6 is 11.6 Å². The molecule has 0 amide bonds. The molecule has 3 aromatic rings. The van der Waals surface area contributed by atoms with Gasteiger partial charge < -0.3 is 0 Å². The normalized spacial score (nSPS) is 11.1. The average Bonchev–Trinajstić information content (AvgIpc) is 2.89. The Kier molecular flexibility index (Phi) is 4.48. The van der Waals surface area contributed by atoms with Gasteiger partial charge in [-0.2, -0.15) is 14.9 Å². The van der Waals surface area contributed by atoms with E-state index < -0.39 is 0 Å². The number of aromatic nitrogens is 3. The summed E-state index contributed by atoms with van der Waals surface area (Å²) in [5.41, 5.74) is 3.02. The van der Waals surface area contributed by atoms with Gasteiger partial charge in [-0.25, -0.2) is 0 Å². The molecular formula is C17H14ClN5O. The fourth-order valence-electron chi connectivity index (χ4n) is 2.21. The standard InChI is InChI=1S/C17H14ClN5O/c1-11-16(21-20-15-5-3-14(18)4-6-15)12(2)23(22-11)17(24)13-7-9-19-10-8-13/h3-10H,1-2H3. The Bertz CT molecular complexity index is 901. The molecule has 1 aromatic carbocycles. The van der Waals surface area contributed by atoms with Crippen molar-refractivity contribution in [1.82, 2.24) is 14.8 Å². The molecule has 2 heterocycles. The third kappa shape index (κ3) is 3.23. The van der Waals surface area contributed by atoms with Gasteiger partial charge in [0.1, 0.15) is 5.69 Å². The predicted octanol–water partition coefficient (Wildman–Crippen LogP) is 4.65. The number of pyridine rings is 1. The summed E-state index contributed by atoms with van der Waals surface area (Å²) < 4.78 is 1.33. The molecule has 2 aromatic heterocycles. The molecule has 3 rings (SSSR count). The molecule has 7 heteroatoms. The first-order valence-corrected chi connectivity index (χ1v) is 7.62. The molecule has 0 aliphatic rings. The molecule has 0 saturated carbocycles. The van der Waals surface area contributed by atoms with E-state index in [-0.39, 0.29) is 5.91 Å². The van der Waals surface area contributed by atoms with Crippen LogP contribution in [0, 0.1) is 13.8 Å². The van der Waals surface area contributed by atoms with Crippen LogP contribution in [0.5, 0.6) is 0 Å². The molecule has 0 aliphatic heterocycles. The van der Waals surface area contributed by atoms with Crippen LogP contribution < -0.4 is 0 Å². The van der Waals surface area contributed by atoms with Crippen molar-refractivity contribution in [2.45, 2.75) is 13.8 Å². The van der Waals surface area contributed by atoms with Gasteiger partial charge in [0.25, 0.3) is 5.91 Å². The summed E-state index contributed by atoms with van der Waals surface area (Å²) in [6.45, 7) is 3.58. The molecule has 0 spiro atoms. The Morgan fingerprint density at radius 3 is 2.38 bits per heavy atom. The summed E-state index contributed by atoms with van der Waals surface area (Å²) >= 11 is 5.85. The molecule has 0 aliphatic carbocycles. The van der Waals surface area contributed by atoms with Crippen molar-refractivity contribution in [3.05, 3.63) is 70.8 Å². The van der Waals surface area contributed by atoms with Gasteiger partial charge in [0.2, 0.25) is 0 Å². The second-order valence-corrected chi connectivity index (χ2v) is 5.59. The van der Waals surface area contributed by atoms with Gasteiger partial charge in [-0.3, -0.25) is 9.78 Å². The van der Waals surface area contributed by atoms with E-state index in [9.17, 15) is 4.79 Å². The molecule has 0 N–H and O–H groups in total. The SMILES string of the molecule is Cc1nn(C(=O)c2ccncc2)c(C)c1N=Nc1ccc(Cl)cc1. The van der Waals surface area contributed by atoms with Crippen molar-refractivity contribution in [3.8, 4) is 0 Å². The Labute approximate surface area is 143 Å². The van der Waals surface area contributed by atoms with Crippen LogP contribution in [0.2, 0.25) is 5.02 Å². The number of carbonyl (C=O) groups excluding carboxylic acids is 1. The number of nitrogens with zero attached hydrogens (tertiary/aromatic N) is 5. The van der Waals surface area contributed by atoms with E-state index in [1.807, 2.05) is 0 Å². The molecule has 0 fully saturated rings. The fourth-order valence-corrected chi connectivity index (χ4v) is 2.34. The smallest absolute Gasteiger partial charge is 0.267 e. The molecule has 0 atom stereocenters. The van der Waals surface area contributed by atoms with Crippen molar-refractivity contribution in [3.63, 3.8) is 0 Å². The number of carbonyl (C=O) groups is 1. The van der Waals surface area contributed by atoms with Gasteiger partial charge in [0.05, 0.1) is 17.1 Å². The molecule has 6 nitrogen and oxygen atoms in total. The minimum atomic E-state index is -0.231. The average molecular weight is 340 g/mol. The Morgan fingerprint density at radius 1 is 1.04 bits per heavy atom. The molecule has 24 heavy (non-hydrogen) atoms. The van der Waals surface area contributed by atoms with Crippen LogP contribution in [0.15, 0.2) is 59.0 Å². The highest BCUT2D eigenvalue weighted by Crippen LogP contribution is 2.26. The quantitative estimate of drug-likeness (QED) is 0.652. The summed E-state index contributed by atoms with van der Waals surface area (Å²) in [4.78, 5) is 16.4. The van der Waals surface area contributed by atoms with Crippen molar-refractivity contribution in [2.75, 3.05) is 0 Å². The van der Waals surface area contributed by atoms with E-state index in [0.29, 0.717) is 33.3 Å². The van der Waals surface area contributed by atoms with Gasteiger partial charge >= 0.3 is 0 Å². The number of benzene rings is 1. The maximum absolute atomic E-state index is 12.5. The minimum Gasteiger partial charge on any atom is -0.267 e. The molecular weight excluding hydrogens is 326 g/mol. The number of hydrogen-bond donors (Lipinski definition) is 0. The molecule has 0 radical (unpaired) electrons. The zero-order valence-corrected chi connectivity index (χ0v) is 13.9. The highest BCUT2D eigenvalue weighted by molar-refractivity contribution is 6.30. The molecule has 0 saturated heterocycles. The van der Waals surface area contributed by atoms with Crippen molar-refractivity contribution in [1.29, 1.82) is 0 Å². The summed E-state index contributed by atoms with van der Waals surface area (Å²) in [5, 5.41) is 13.3. The second-order valence-electron chi connectivity index (χ2n) is 5.15. The van der Waals surface area contributed by atoms with Gasteiger partial charge in [-0.15, -0.1) is 5.11 Å². The van der Waals surface area contributed by atoms with Gasteiger partial charge in [-0.05, 0) is 50.2 Å². The first-order valence-electron chi connectivity index (χ1n) is 7.24. The van der Waals surface area contributed by atoms with E-state index >= 15 is 0 Å². The topological polar surface area (TPSA) is 72.5 Å². The van der Waals surface area contributed by atoms with Crippen LogP contribution in [0.25, 0.3) is 0 Å². The molecule has 120 valence electrons. The maximum Gasteiger partial charge on any atom is 0.278 e. The summed E-state index contributed by atoms with van der Waals surface area (Å²) in [6, 6.07) is 10.3.